The Bertz CT molecular complexity index is 1080. The van der Waals surface area contributed by atoms with E-state index in [0.29, 0.717) is 27.8 Å². The van der Waals surface area contributed by atoms with Crippen molar-refractivity contribution in [1.29, 1.82) is 0 Å². The lowest BCUT2D eigenvalue weighted by atomic mass is 10.1. The van der Waals surface area contributed by atoms with E-state index in [2.05, 4.69) is 5.32 Å². The van der Waals surface area contributed by atoms with E-state index >= 15 is 0 Å². The van der Waals surface area contributed by atoms with Crippen LogP contribution in [0.1, 0.15) is 25.0 Å². The topological polar surface area (TPSA) is 84.9 Å². The summed E-state index contributed by atoms with van der Waals surface area (Å²) >= 11 is 7.10. The smallest absolute Gasteiger partial charge is 0.294 e. The first-order valence-electron chi connectivity index (χ1n) is 9.84. The van der Waals surface area contributed by atoms with E-state index in [9.17, 15) is 14.4 Å². The summed E-state index contributed by atoms with van der Waals surface area (Å²) in [6, 6.07) is 10.5. The number of aryl methyl sites for hydroxylation is 1. The number of hydrogen-bond acceptors (Lipinski definition) is 6. The predicted molar refractivity (Wildman–Crippen MR) is 126 cm³/mol. The van der Waals surface area contributed by atoms with Crippen LogP contribution >= 0.6 is 23.4 Å². The summed E-state index contributed by atoms with van der Waals surface area (Å²) in [6.45, 7) is 5.30. The van der Waals surface area contributed by atoms with Crippen molar-refractivity contribution in [2.45, 2.75) is 26.9 Å². The summed E-state index contributed by atoms with van der Waals surface area (Å²) in [5.41, 5.74) is 2.21. The number of halogens is 1. The first kappa shape index (κ1) is 23.7. The summed E-state index contributed by atoms with van der Waals surface area (Å²) in [5, 5.41) is 2.49. The number of imide groups is 1. The van der Waals surface area contributed by atoms with Crippen molar-refractivity contribution in [2.24, 2.45) is 0 Å². The quantitative estimate of drug-likeness (QED) is 0.560. The highest BCUT2D eigenvalue weighted by atomic mass is 35.5. The number of anilines is 1. The van der Waals surface area contributed by atoms with E-state index in [4.69, 9.17) is 21.1 Å². The van der Waals surface area contributed by atoms with E-state index in [1.54, 1.807) is 24.3 Å². The fourth-order valence-electron chi connectivity index (χ4n) is 2.94. The van der Waals surface area contributed by atoms with Gasteiger partial charge in [0.2, 0.25) is 5.91 Å². The highest BCUT2D eigenvalue weighted by Crippen LogP contribution is 2.39. The molecule has 1 saturated heterocycles. The molecule has 0 aliphatic carbocycles. The third-order valence-corrected chi connectivity index (χ3v) is 5.60. The molecule has 1 aliphatic rings. The Kier molecular flexibility index (Phi) is 7.48. The molecule has 32 heavy (non-hydrogen) atoms. The van der Waals surface area contributed by atoms with Gasteiger partial charge < -0.3 is 14.8 Å². The van der Waals surface area contributed by atoms with Crippen molar-refractivity contribution in [3.63, 3.8) is 0 Å². The van der Waals surface area contributed by atoms with Crippen LogP contribution in [0.4, 0.5) is 10.5 Å². The maximum Gasteiger partial charge on any atom is 0.294 e. The van der Waals surface area contributed by atoms with Crippen LogP contribution in [0, 0.1) is 6.92 Å². The molecule has 0 saturated carbocycles. The van der Waals surface area contributed by atoms with Gasteiger partial charge in [-0.1, -0.05) is 29.3 Å². The summed E-state index contributed by atoms with van der Waals surface area (Å²) in [6.07, 6.45) is 1.44. The highest BCUT2D eigenvalue weighted by Gasteiger charge is 2.36. The van der Waals surface area contributed by atoms with Crippen LogP contribution in [-0.4, -0.2) is 41.7 Å². The molecular formula is C23H23ClN2O5S. The number of carbonyl (C=O) groups excluding carboxylic acids is 3. The molecular weight excluding hydrogens is 452 g/mol. The fourth-order valence-corrected chi connectivity index (χ4v) is 4.04. The van der Waals surface area contributed by atoms with Crippen molar-refractivity contribution >= 4 is 52.2 Å². The minimum atomic E-state index is -0.545. The second kappa shape index (κ2) is 10.1. The Morgan fingerprint density at radius 3 is 2.53 bits per heavy atom. The molecule has 1 N–H and O–H groups in total. The lowest BCUT2D eigenvalue weighted by Crippen LogP contribution is -2.36. The highest BCUT2D eigenvalue weighted by molar-refractivity contribution is 8.18. The average molecular weight is 475 g/mol. The van der Waals surface area contributed by atoms with E-state index in [-0.39, 0.29) is 17.6 Å². The molecule has 0 bridgehead atoms. The predicted octanol–water partition coefficient (Wildman–Crippen LogP) is 5.12. The van der Waals surface area contributed by atoms with Crippen LogP contribution in [0.15, 0.2) is 41.3 Å². The van der Waals surface area contributed by atoms with Gasteiger partial charge in [0.05, 0.1) is 23.1 Å². The Balaban J connectivity index is 1.75. The third kappa shape index (κ3) is 5.63. The minimum Gasteiger partial charge on any atom is -0.493 e. The Morgan fingerprint density at radius 2 is 1.91 bits per heavy atom. The first-order chi connectivity index (χ1) is 15.2. The van der Waals surface area contributed by atoms with E-state index in [1.807, 2.05) is 32.9 Å². The number of amides is 3. The minimum absolute atomic E-state index is 0.102. The molecule has 168 valence electrons. The van der Waals surface area contributed by atoms with Crippen molar-refractivity contribution in [3.05, 3.63) is 57.5 Å². The largest absolute Gasteiger partial charge is 0.493 e. The fraction of sp³-hybridized carbons (Fsp3) is 0.261. The number of ether oxygens (including phenoxy) is 2. The number of nitrogens with zero attached hydrogens (tertiary/aromatic N) is 1. The molecule has 3 rings (SSSR count). The summed E-state index contributed by atoms with van der Waals surface area (Å²) in [7, 11) is 1.49. The second-order valence-corrected chi connectivity index (χ2v) is 8.78. The van der Waals surface area contributed by atoms with Gasteiger partial charge in [-0.3, -0.25) is 19.3 Å². The van der Waals surface area contributed by atoms with Gasteiger partial charge in [-0.25, -0.2) is 0 Å². The van der Waals surface area contributed by atoms with E-state index in [1.165, 1.54) is 13.2 Å². The second-order valence-electron chi connectivity index (χ2n) is 7.38. The van der Waals surface area contributed by atoms with Crippen molar-refractivity contribution in [2.75, 3.05) is 19.0 Å². The SMILES string of the molecule is COc1cc(/C=C2/SC(=O)N(CC(=O)Nc3ccc(C)cc3)C2=O)cc(Cl)c1OC(C)C. The number of nitrogens with one attached hydrogen (secondary N) is 1. The molecule has 9 heteroatoms. The van der Waals surface area contributed by atoms with Gasteiger partial charge in [-0.05, 0) is 68.4 Å². The van der Waals surface area contributed by atoms with Crippen LogP contribution in [0.5, 0.6) is 11.5 Å². The number of carbonyl (C=O) groups is 3. The van der Waals surface area contributed by atoms with Gasteiger partial charge in [-0.15, -0.1) is 0 Å². The lowest BCUT2D eigenvalue weighted by Gasteiger charge is -2.15. The Hall–Kier alpha value is -2.97. The van der Waals surface area contributed by atoms with Gasteiger partial charge >= 0.3 is 0 Å². The zero-order chi connectivity index (χ0) is 23.4. The third-order valence-electron chi connectivity index (χ3n) is 4.41. The number of hydrogen-bond donors (Lipinski definition) is 1. The lowest BCUT2D eigenvalue weighted by molar-refractivity contribution is -0.127. The van der Waals surface area contributed by atoms with E-state index < -0.39 is 17.1 Å². The van der Waals surface area contributed by atoms with Crippen LogP contribution in [0.25, 0.3) is 6.08 Å². The molecule has 3 amide bonds. The number of methoxy groups -OCH3 is 1. The summed E-state index contributed by atoms with van der Waals surface area (Å²) in [5.74, 6) is -0.190. The molecule has 1 fully saturated rings. The zero-order valence-corrected chi connectivity index (χ0v) is 19.7. The Labute approximate surface area is 195 Å². The molecule has 0 spiro atoms. The molecule has 0 aromatic heterocycles. The van der Waals surface area contributed by atoms with Crippen LogP contribution in [-0.2, 0) is 9.59 Å². The van der Waals surface area contributed by atoms with Crippen LogP contribution in [0.3, 0.4) is 0 Å². The number of benzene rings is 2. The average Bonchev–Trinajstić information content (AvgIpc) is 2.98. The van der Waals surface area contributed by atoms with Gasteiger partial charge in [0.25, 0.3) is 11.1 Å². The maximum absolute atomic E-state index is 12.8. The zero-order valence-electron chi connectivity index (χ0n) is 18.1. The monoisotopic (exact) mass is 474 g/mol. The van der Waals surface area contributed by atoms with Crippen molar-refractivity contribution < 1.29 is 23.9 Å². The van der Waals surface area contributed by atoms with E-state index in [0.717, 1.165) is 22.2 Å². The van der Waals surface area contributed by atoms with Crippen LogP contribution in [0.2, 0.25) is 5.02 Å². The molecule has 0 atom stereocenters. The van der Waals surface area contributed by atoms with Crippen molar-refractivity contribution in [1.82, 2.24) is 4.90 Å². The van der Waals surface area contributed by atoms with Crippen LogP contribution < -0.4 is 14.8 Å². The molecule has 0 radical (unpaired) electrons. The number of thioether (sulfide) groups is 1. The van der Waals surface area contributed by atoms with Gasteiger partial charge in [0, 0.05) is 5.69 Å². The molecule has 1 heterocycles. The van der Waals surface area contributed by atoms with Crippen molar-refractivity contribution in [3.8, 4) is 11.5 Å². The summed E-state index contributed by atoms with van der Waals surface area (Å²) in [4.78, 5) is 38.5. The first-order valence-corrected chi connectivity index (χ1v) is 11.0. The van der Waals surface area contributed by atoms with Gasteiger partial charge in [0.15, 0.2) is 11.5 Å². The molecule has 0 unspecified atom stereocenters. The molecule has 2 aromatic carbocycles. The molecule has 7 nitrogen and oxygen atoms in total. The number of rotatable bonds is 7. The standard InChI is InChI=1S/C23H23ClN2O5S/c1-13(2)31-21-17(24)9-15(10-18(21)30-4)11-19-22(28)26(23(29)32-19)12-20(27)25-16-7-5-14(3)6-8-16/h5-11,13H,12H2,1-4H3,(H,25,27)/b19-11+. The maximum atomic E-state index is 12.8. The molecule has 2 aromatic rings. The molecule has 1 aliphatic heterocycles. The Morgan fingerprint density at radius 1 is 1.22 bits per heavy atom. The normalized spacial score (nSPS) is 14.9. The summed E-state index contributed by atoms with van der Waals surface area (Å²) < 4.78 is 11.0. The van der Waals surface area contributed by atoms with Gasteiger partial charge in [0.1, 0.15) is 6.54 Å². The van der Waals surface area contributed by atoms with Gasteiger partial charge in [-0.2, -0.15) is 0 Å².